The van der Waals surface area contributed by atoms with Crippen molar-refractivity contribution in [2.75, 3.05) is 43.4 Å². The van der Waals surface area contributed by atoms with Crippen molar-refractivity contribution in [2.24, 2.45) is 0 Å². The molecule has 3 rings (SSSR count). The van der Waals surface area contributed by atoms with Crippen molar-refractivity contribution in [3.8, 4) is 0 Å². The fourth-order valence-electron chi connectivity index (χ4n) is 3.63. The number of unbranched alkanes of at least 4 members (excludes halogenated alkanes) is 1. The van der Waals surface area contributed by atoms with E-state index < -0.39 is 0 Å². The molecule has 5 nitrogen and oxygen atoms in total. The molecule has 2 saturated heterocycles. The SMILES string of the molecule is O=C(CCCCC1CCSS1)NCCC(=O)N1CCN(c2ccccc2)CC1. The number of carbonyl (C=O) groups excluding carboxylic acids is 2. The predicted molar refractivity (Wildman–Crippen MR) is 120 cm³/mol. The Morgan fingerprint density at radius 2 is 1.82 bits per heavy atom. The lowest BCUT2D eigenvalue weighted by atomic mass is 10.1. The number of nitrogens with one attached hydrogen (secondary N) is 1. The zero-order valence-corrected chi connectivity index (χ0v) is 18.1. The van der Waals surface area contributed by atoms with Crippen LogP contribution < -0.4 is 10.2 Å². The van der Waals surface area contributed by atoms with E-state index in [1.165, 1.54) is 24.3 Å². The summed E-state index contributed by atoms with van der Waals surface area (Å²) < 4.78 is 0. The highest BCUT2D eigenvalue weighted by atomic mass is 33.1. The highest BCUT2D eigenvalue weighted by Gasteiger charge is 2.21. The van der Waals surface area contributed by atoms with Crippen molar-refractivity contribution in [2.45, 2.75) is 43.8 Å². The number of hydrogen-bond acceptors (Lipinski definition) is 5. The third kappa shape index (κ3) is 6.92. The molecular formula is C21H31N3O2S2. The van der Waals surface area contributed by atoms with E-state index in [-0.39, 0.29) is 11.8 Å². The van der Waals surface area contributed by atoms with Gasteiger partial charge in [-0.25, -0.2) is 0 Å². The first kappa shape index (κ1) is 21.4. The van der Waals surface area contributed by atoms with Crippen LogP contribution in [0.5, 0.6) is 0 Å². The molecule has 1 unspecified atom stereocenters. The van der Waals surface area contributed by atoms with Crippen LogP contribution >= 0.6 is 21.6 Å². The van der Waals surface area contributed by atoms with Crippen molar-refractivity contribution in [3.63, 3.8) is 0 Å². The van der Waals surface area contributed by atoms with E-state index >= 15 is 0 Å². The molecule has 1 aromatic carbocycles. The summed E-state index contributed by atoms with van der Waals surface area (Å²) in [6.07, 6.45) is 5.57. The number of hydrogen-bond donors (Lipinski definition) is 1. The smallest absolute Gasteiger partial charge is 0.224 e. The molecule has 2 aliphatic heterocycles. The van der Waals surface area contributed by atoms with Crippen LogP contribution in [0.25, 0.3) is 0 Å². The standard InChI is InChI=1S/C21H31N3O2S2/c25-20(9-5-4-8-19-11-17-27-28-19)22-12-10-21(26)24-15-13-23(14-16-24)18-6-2-1-3-7-18/h1-3,6-7,19H,4-5,8-17H2,(H,22,25). The topological polar surface area (TPSA) is 52.7 Å². The van der Waals surface area contributed by atoms with E-state index in [4.69, 9.17) is 0 Å². The van der Waals surface area contributed by atoms with Crippen LogP contribution in [0.15, 0.2) is 30.3 Å². The van der Waals surface area contributed by atoms with Gasteiger partial charge in [-0.3, -0.25) is 9.59 Å². The Bertz CT molecular complexity index is 615. The van der Waals surface area contributed by atoms with Crippen LogP contribution in [0, 0.1) is 0 Å². The maximum absolute atomic E-state index is 12.4. The highest BCUT2D eigenvalue weighted by Crippen LogP contribution is 2.39. The minimum atomic E-state index is 0.0788. The van der Waals surface area contributed by atoms with Crippen molar-refractivity contribution >= 4 is 39.1 Å². The van der Waals surface area contributed by atoms with Crippen LogP contribution in [-0.2, 0) is 9.59 Å². The number of para-hydroxylation sites is 1. The monoisotopic (exact) mass is 421 g/mol. The summed E-state index contributed by atoms with van der Waals surface area (Å²) in [4.78, 5) is 28.6. The minimum Gasteiger partial charge on any atom is -0.368 e. The summed E-state index contributed by atoms with van der Waals surface area (Å²) in [6, 6.07) is 10.3. The first-order valence-corrected chi connectivity index (χ1v) is 12.7. The zero-order valence-electron chi connectivity index (χ0n) is 16.5. The fraction of sp³-hybridized carbons (Fsp3) is 0.619. The third-order valence-electron chi connectivity index (χ3n) is 5.32. The maximum Gasteiger partial charge on any atom is 0.224 e. The van der Waals surface area contributed by atoms with Gasteiger partial charge >= 0.3 is 0 Å². The van der Waals surface area contributed by atoms with Crippen molar-refractivity contribution in [3.05, 3.63) is 30.3 Å². The third-order valence-corrected chi connectivity index (χ3v) is 8.33. The molecule has 1 aromatic rings. The molecule has 1 N–H and O–H groups in total. The number of carbonyl (C=O) groups is 2. The summed E-state index contributed by atoms with van der Waals surface area (Å²) in [5, 5.41) is 3.69. The van der Waals surface area contributed by atoms with Crippen LogP contribution in [-0.4, -0.2) is 60.4 Å². The lowest BCUT2D eigenvalue weighted by molar-refractivity contribution is -0.131. The Hall–Kier alpha value is -1.34. The van der Waals surface area contributed by atoms with Gasteiger partial charge in [-0.05, 0) is 31.4 Å². The van der Waals surface area contributed by atoms with Crippen LogP contribution in [0.4, 0.5) is 5.69 Å². The van der Waals surface area contributed by atoms with Crippen molar-refractivity contribution in [1.82, 2.24) is 10.2 Å². The number of amides is 2. The molecule has 0 aliphatic carbocycles. The molecule has 0 saturated carbocycles. The fourth-order valence-corrected chi connectivity index (χ4v) is 6.66. The molecule has 2 heterocycles. The average Bonchev–Trinajstić information content (AvgIpc) is 3.25. The number of piperazine rings is 1. The Kier molecular flexibility index (Phi) is 8.86. The van der Waals surface area contributed by atoms with Gasteiger partial charge in [-0.2, -0.15) is 0 Å². The molecule has 0 aromatic heterocycles. The van der Waals surface area contributed by atoms with Crippen LogP contribution in [0.1, 0.15) is 38.5 Å². The largest absolute Gasteiger partial charge is 0.368 e. The average molecular weight is 422 g/mol. The predicted octanol–water partition coefficient (Wildman–Crippen LogP) is 3.56. The maximum atomic E-state index is 12.4. The summed E-state index contributed by atoms with van der Waals surface area (Å²) in [6.45, 7) is 3.67. The van der Waals surface area contributed by atoms with E-state index in [9.17, 15) is 9.59 Å². The molecule has 1 atom stereocenters. The summed E-state index contributed by atoms with van der Waals surface area (Å²) in [7, 11) is 3.97. The summed E-state index contributed by atoms with van der Waals surface area (Å²) in [5.41, 5.74) is 1.21. The molecule has 28 heavy (non-hydrogen) atoms. The highest BCUT2D eigenvalue weighted by molar-refractivity contribution is 8.77. The van der Waals surface area contributed by atoms with Gasteiger partial charge in [-0.15, -0.1) is 0 Å². The summed E-state index contributed by atoms with van der Waals surface area (Å²) >= 11 is 0. The lowest BCUT2D eigenvalue weighted by Gasteiger charge is -2.36. The minimum absolute atomic E-state index is 0.0788. The van der Waals surface area contributed by atoms with Gasteiger partial charge in [0, 0.05) is 62.3 Å². The van der Waals surface area contributed by atoms with Crippen molar-refractivity contribution in [1.29, 1.82) is 0 Å². The van der Waals surface area contributed by atoms with Crippen LogP contribution in [0.3, 0.4) is 0 Å². The van der Waals surface area contributed by atoms with E-state index in [1.54, 1.807) is 0 Å². The second-order valence-corrected chi connectivity index (χ2v) is 10.2. The van der Waals surface area contributed by atoms with E-state index in [0.29, 0.717) is 19.4 Å². The van der Waals surface area contributed by atoms with E-state index in [2.05, 4.69) is 22.3 Å². The van der Waals surface area contributed by atoms with Crippen molar-refractivity contribution < 1.29 is 9.59 Å². The zero-order chi connectivity index (χ0) is 19.6. The molecule has 2 fully saturated rings. The van der Waals surface area contributed by atoms with Crippen LogP contribution in [0.2, 0.25) is 0 Å². The molecule has 2 aliphatic rings. The number of benzene rings is 1. The summed E-state index contributed by atoms with van der Waals surface area (Å²) in [5.74, 6) is 1.49. The van der Waals surface area contributed by atoms with Gasteiger partial charge in [0.05, 0.1) is 0 Å². The van der Waals surface area contributed by atoms with E-state index in [1.807, 2.05) is 44.7 Å². The van der Waals surface area contributed by atoms with Gasteiger partial charge in [-0.1, -0.05) is 46.2 Å². The normalized spacial score (nSPS) is 19.6. The first-order chi connectivity index (χ1) is 13.7. The number of nitrogens with zero attached hydrogens (tertiary/aromatic N) is 2. The second kappa shape index (κ2) is 11.6. The van der Waals surface area contributed by atoms with Gasteiger partial charge in [0.2, 0.25) is 11.8 Å². The van der Waals surface area contributed by atoms with Gasteiger partial charge in [0.15, 0.2) is 0 Å². The molecule has 0 radical (unpaired) electrons. The molecule has 2 amide bonds. The Morgan fingerprint density at radius 3 is 2.54 bits per heavy atom. The molecule has 154 valence electrons. The van der Waals surface area contributed by atoms with Gasteiger partial charge in [0.25, 0.3) is 0 Å². The lowest BCUT2D eigenvalue weighted by Crippen LogP contribution is -2.49. The quantitative estimate of drug-likeness (QED) is 0.488. The molecular weight excluding hydrogens is 390 g/mol. The van der Waals surface area contributed by atoms with Gasteiger partial charge < -0.3 is 15.1 Å². The Morgan fingerprint density at radius 1 is 1.04 bits per heavy atom. The second-order valence-electron chi connectivity index (χ2n) is 7.38. The van der Waals surface area contributed by atoms with Gasteiger partial charge in [0.1, 0.15) is 0 Å². The number of rotatable bonds is 9. The Balaban J connectivity index is 1.24. The number of anilines is 1. The van der Waals surface area contributed by atoms with E-state index in [0.717, 1.165) is 44.3 Å². The Labute approximate surface area is 176 Å². The first-order valence-electron chi connectivity index (χ1n) is 10.3. The molecule has 0 bridgehead atoms. The molecule has 7 heteroatoms. The molecule has 0 spiro atoms.